The number of nitrogens with one attached hydrogen (secondary N) is 1. The third-order valence-corrected chi connectivity index (χ3v) is 1.88. The predicted molar refractivity (Wildman–Crippen MR) is 50.2 cm³/mol. The number of nitrogens with zero attached hydrogens (tertiary/aromatic N) is 2. The van der Waals surface area contributed by atoms with E-state index >= 15 is 0 Å². The van der Waals surface area contributed by atoms with E-state index in [2.05, 4.69) is 24.3 Å². The maximum Gasteiger partial charge on any atom is 0.0615 e. The quantitative estimate of drug-likeness (QED) is 0.734. The van der Waals surface area contributed by atoms with E-state index in [1.807, 2.05) is 23.9 Å². The van der Waals surface area contributed by atoms with Crippen molar-refractivity contribution in [2.45, 2.75) is 26.8 Å². The molecule has 1 aromatic rings. The van der Waals surface area contributed by atoms with Gasteiger partial charge in [-0.05, 0) is 26.5 Å². The molecule has 12 heavy (non-hydrogen) atoms. The molecule has 0 aliphatic rings. The van der Waals surface area contributed by atoms with Crippen LogP contribution in [0.3, 0.4) is 0 Å². The van der Waals surface area contributed by atoms with Crippen LogP contribution in [-0.2, 0) is 0 Å². The lowest BCUT2D eigenvalue weighted by Crippen LogP contribution is -2.23. The van der Waals surface area contributed by atoms with Gasteiger partial charge in [0.2, 0.25) is 0 Å². The second kappa shape index (κ2) is 4.26. The van der Waals surface area contributed by atoms with Crippen molar-refractivity contribution >= 4 is 0 Å². The molecule has 0 saturated heterocycles. The Morgan fingerprint density at radius 1 is 1.67 bits per heavy atom. The average molecular weight is 167 g/mol. The summed E-state index contributed by atoms with van der Waals surface area (Å²) >= 11 is 0. The van der Waals surface area contributed by atoms with Crippen LogP contribution in [0, 0.1) is 6.92 Å². The van der Waals surface area contributed by atoms with Gasteiger partial charge in [-0.1, -0.05) is 6.92 Å². The van der Waals surface area contributed by atoms with Crippen LogP contribution in [0.2, 0.25) is 0 Å². The maximum atomic E-state index is 4.34. The van der Waals surface area contributed by atoms with Gasteiger partial charge >= 0.3 is 0 Å². The molecular formula is C9H17N3. The maximum absolute atomic E-state index is 4.34. The molecule has 1 atom stereocenters. The number of aromatic nitrogens is 2. The zero-order valence-corrected chi connectivity index (χ0v) is 8.04. The Hall–Kier alpha value is -0.830. The molecule has 0 aliphatic carbocycles. The van der Waals surface area contributed by atoms with E-state index in [1.165, 1.54) is 0 Å². The minimum Gasteiger partial charge on any atom is -0.315 e. The smallest absolute Gasteiger partial charge is 0.0615 e. The van der Waals surface area contributed by atoms with Gasteiger partial charge in [0.1, 0.15) is 0 Å². The molecule has 3 heteroatoms. The highest BCUT2D eigenvalue weighted by atomic mass is 15.3. The number of hydrogen-bond donors (Lipinski definition) is 1. The molecule has 0 bridgehead atoms. The normalized spacial score (nSPS) is 13.2. The van der Waals surface area contributed by atoms with Gasteiger partial charge in [0.15, 0.2) is 0 Å². The van der Waals surface area contributed by atoms with Gasteiger partial charge in [0.05, 0.1) is 11.7 Å². The number of hydrogen-bond acceptors (Lipinski definition) is 2. The Bertz CT molecular complexity index is 229. The number of aryl methyl sites for hydroxylation is 1. The van der Waals surface area contributed by atoms with Crippen molar-refractivity contribution in [2.75, 3.05) is 13.1 Å². The van der Waals surface area contributed by atoms with Crippen LogP contribution in [0.4, 0.5) is 0 Å². The molecular weight excluding hydrogens is 150 g/mol. The first-order valence-electron chi connectivity index (χ1n) is 4.46. The highest BCUT2D eigenvalue weighted by molar-refractivity contribution is 4.95. The Morgan fingerprint density at radius 2 is 2.42 bits per heavy atom. The summed E-state index contributed by atoms with van der Waals surface area (Å²) in [5, 5.41) is 7.64. The number of rotatable bonds is 4. The summed E-state index contributed by atoms with van der Waals surface area (Å²) in [6, 6.07) is 2.47. The summed E-state index contributed by atoms with van der Waals surface area (Å²) in [7, 11) is 0. The fourth-order valence-corrected chi connectivity index (χ4v) is 1.13. The first-order valence-corrected chi connectivity index (χ1v) is 4.46. The van der Waals surface area contributed by atoms with E-state index in [-0.39, 0.29) is 0 Å². The monoisotopic (exact) mass is 167 g/mol. The first kappa shape index (κ1) is 9.26. The third kappa shape index (κ3) is 2.34. The summed E-state index contributed by atoms with van der Waals surface area (Å²) in [5.41, 5.74) is 1.08. The summed E-state index contributed by atoms with van der Waals surface area (Å²) in [5.74, 6) is 0. The molecule has 0 radical (unpaired) electrons. The Morgan fingerprint density at radius 3 is 2.92 bits per heavy atom. The summed E-state index contributed by atoms with van der Waals surface area (Å²) in [6.45, 7) is 8.29. The molecule has 0 amide bonds. The molecule has 0 fully saturated rings. The SMILES string of the molecule is CCNCC(C)n1ccc(C)n1. The van der Waals surface area contributed by atoms with Gasteiger partial charge in [-0.25, -0.2) is 0 Å². The van der Waals surface area contributed by atoms with E-state index in [9.17, 15) is 0 Å². The van der Waals surface area contributed by atoms with Crippen molar-refractivity contribution in [1.82, 2.24) is 15.1 Å². The van der Waals surface area contributed by atoms with Crippen LogP contribution in [-0.4, -0.2) is 22.9 Å². The largest absolute Gasteiger partial charge is 0.315 e. The van der Waals surface area contributed by atoms with E-state index in [0.29, 0.717) is 6.04 Å². The molecule has 1 rings (SSSR count). The van der Waals surface area contributed by atoms with E-state index in [0.717, 1.165) is 18.8 Å². The van der Waals surface area contributed by atoms with Gasteiger partial charge in [-0.15, -0.1) is 0 Å². The molecule has 1 N–H and O–H groups in total. The molecule has 1 unspecified atom stereocenters. The van der Waals surface area contributed by atoms with Crippen LogP contribution < -0.4 is 5.32 Å². The van der Waals surface area contributed by atoms with Crippen LogP contribution in [0.15, 0.2) is 12.3 Å². The van der Waals surface area contributed by atoms with E-state index in [1.54, 1.807) is 0 Å². The molecule has 68 valence electrons. The molecule has 0 aliphatic heterocycles. The lowest BCUT2D eigenvalue weighted by Gasteiger charge is -2.11. The van der Waals surface area contributed by atoms with Crippen molar-refractivity contribution in [3.05, 3.63) is 18.0 Å². The van der Waals surface area contributed by atoms with Gasteiger partial charge in [-0.2, -0.15) is 5.10 Å². The van der Waals surface area contributed by atoms with Crippen molar-refractivity contribution in [2.24, 2.45) is 0 Å². The summed E-state index contributed by atoms with van der Waals surface area (Å²) in [4.78, 5) is 0. The summed E-state index contributed by atoms with van der Waals surface area (Å²) < 4.78 is 2.00. The van der Waals surface area contributed by atoms with Gasteiger partial charge in [-0.3, -0.25) is 4.68 Å². The lowest BCUT2D eigenvalue weighted by atomic mass is 10.3. The Labute approximate surface area is 73.8 Å². The predicted octanol–water partition coefficient (Wildman–Crippen LogP) is 1.36. The molecule has 1 aromatic heterocycles. The van der Waals surface area contributed by atoms with E-state index in [4.69, 9.17) is 0 Å². The molecule has 3 nitrogen and oxygen atoms in total. The standard InChI is InChI=1S/C9H17N3/c1-4-10-7-9(3)12-6-5-8(2)11-12/h5-6,9-10H,4,7H2,1-3H3. The minimum atomic E-state index is 0.443. The van der Waals surface area contributed by atoms with Crippen molar-refractivity contribution in [3.63, 3.8) is 0 Å². The molecule has 0 saturated carbocycles. The fourth-order valence-electron chi connectivity index (χ4n) is 1.13. The van der Waals surface area contributed by atoms with E-state index < -0.39 is 0 Å². The van der Waals surface area contributed by atoms with Gasteiger partial charge in [0.25, 0.3) is 0 Å². The second-order valence-corrected chi connectivity index (χ2v) is 3.09. The van der Waals surface area contributed by atoms with Crippen LogP contribution in [0.25, 0.3) is 0 Å². The van der Waals surface area contributed by atoms with Crippen LogP contribution in [0.1, 0.15) is 25.6 Å². The number of likely N-dealkylation sites (N-methyl/N-ethyl adjacent to an activating group) is 1. The summed E-state index contributed by atoms with van der Waals surface area (Å²) in [6.07, 6.45) is 2.03. The average Bonchev–Trinajstić information content (AvgIpc) is 2.47. The van der Waals surface area contributed by atoms with Crippen LogP contribution in [0.5, 0.6) is 0 Å². The Kier molecular flexibility index (Phi) is 3.29. The topological polar surface area (TPSA) is 29.9 Å². The highest BCUT2D eigenvalue weighted by Gasteiger charge is 2.03. The van der Waals surface area contributed by atoms with Crippen molar-refractivity contribution in [3.8, 4) is 0 Å². The molecule has 0 spiro atoms. The lowest BCUT2D eigenvalue weighted by molar-refractivity contribution is 0.458. The third-order valence-electron chi connectivity index (χ3n) is 1.88. The van der Waals surface area contributed by atoms with Crippen molar-refractivity contribution in [1.29, 1.82) is 0 Å². The minimum absolute atomic E-state index is 0.443. The van der Waals surface area contributed by atoms with Gasteiger partial charge in [0, 0.05) is 12.7 Å². The molecule has 0 aromatic carbocycles. The van der Waals surface area contributed by atoms with Crippen LogP contribution >= 0.6 is 0 Å². The van der Waals surface area contributed by atoms with Gasteiger partial charge < -0.3 is 5.32 Å². The first-order chi connectivity index (χ1) is 5.74. The van der Waals surface area contributed by atoms with Crippen molar-refractivity contribution < 1.29 is 0 Å². The zero-order chi connectivity index (χ0) is 8.97. The Balaban J connectivity index is 2.47. The molecule has 1 heterocycles. The zero-order valence-electron chi connectivity index (χ0n) is 8.04. The highest BCUT2D eigenvalue weighted by Crippen LogP contribution is 2.03. The second-order valence-electron chi connectivity index (χ2n) is 3.09. The fraction of sp³-hybridized carbons (Fsp3) is 0.667.